The van der Waals surface area contributed by atoms with E-state index in [0.29, 0.717) is 5.02 Å². The Bertz CT molecular complexity index is 595. The minimum absolute atomic E-state index is 0.488. The van der Waals surface area contributed by atoms with Crippen molar-refractivity contribution in [2.24, 2.45) is 0 Å². The van der Waals surface area contributed by atoms with Crippen LogP contribution in [0.25, 0.3) is 0 Å². The molecule has 1 aromatic heterocycles. The molecule has 1 atom stereocenters. The highest BCUT2D eigenvalue weighted by Gasteiger charge is 2.20. The Kier molecular flexibility index (Phi) is 4.33. The van der Waals surface area contributed by atoms with Crippen LogP contribution in [-0.2, 0) is 0 Å². The molecule has 112 valence electrons. The average molecular weight is 324 g/mol. The maximum absolute atomic E-state index is 9.61. The van der Waals surface area contributed by atoms with Gasteiger partial charge < -0.3 is 14.9 Å². The average Bonchev–Trinajstić information content (AvgIpc) is 3.01. The van der Waals surface area contributed by atoms with Crippen LogP contribution in [0.5, 0.6) is 0 Å². The molecular formula is C15H18ClN3OS. The topological polar surface area (TPSA) is 39.6 Å². The molecule has 1 N–H and O–H groups in total. The van der Waals surface area contributed by atoms with Crippen molar-refractivity contribution in [2.45, 2.75) is 13.0 Å². The number of piperazine rings is 1. The first-order valence-electron chi connectivity index (χ1n) is 7.02. The Morgan fingerprint density at radius 2 is 1.95 bits per heavy atom. The summed E-state index contributed by atoms with van der Waals surface area (Å²) < 4.78 is 0. The molecule has 2 heterocycles. The number of anilines is 2. The molecule has 0 saturated carbocycles. The van der Waals surface area contributed by atoms with Crippen LogP contribution in [0.3, 0.4) is 0 Å². The number of thiazole rings is 1. The number of nitrogens with zero attached hydrogens (tertiary/aromatic N) is 3. The van der Waals surface area contributed by atoms with Crippen molar-refractivity contribution in [2.75, 3.05) is 36.0 Å². The van der Waals surface area contributed by atoms with E-state index in [0.717, 1.165) is 42.6 Å². The maximum atomic E-state index is 9.61. The van der Waals surface area contributed by atoms with Gasteiger partial charge >= 0.3 is 0 Å². The van der Waals surface area contributed by atoms with Gasteiger partial charge in [-0.25, -0.2) is 4.98 Å². The fraction of sp³-hybridized carbons (Fsp3) is 0.400. The van der Waals surface area contributed by atoms with Crippen LogP contribution in [0.4, 0.5) is 10.8 Å². The normalized spacial score (nSPS) is 17.1. The molecule has 3 rings (SSSR count). The number of aliphatic hydroxyl groups excluding tert-OH is 1. The summed E-state index contributed by atoms with van der Waals surface area (Å²) >= 11 is 8.04. The quantitative estimate of drug-likeness (QED) is 0.941. The Labute approximate surface area is 133 Å². The number of hydrogen-bond acceptors (Lipinski definition) is 5. The minimum Gasteiger partial charge on any atom is -0.389 e. The molecule has 1 unspecified atom stereocenters. The number of hydrogen-bond donors (Lipinski definition) is 1. The maximum Gasteiger partial charge on any atom is 0.185 e. The lowest BCUT2D eigenvalue weighted by Crippen LogP contribution is -2.46. The van der Waals surface area contributed by atoms with Gasteiger partial charge in [0, 0.05) is 37.8 Å². The highest BCUT2D eigenvalue weighted by molar-refractivity contribution is 7.13. The van der Waals surface area contributed by atoms with E-state index < -0.39 is 6.10 Å². The van der Waals surface area contributed by atoms with Gasteiger partial charge in [-0.05, 0) is 24.6 Å². The molecule has 1 fully saturated rings. The van der Waals surface area contributed by atoms with Crippen molar-refractivity contribution >= 4 is 33.8 Å². The zero-order chi connectivity index (χ0) is 14.8. The van der Waals surface area contributed by atoms with E-state index in [1.54, 1.807) is 18.3 Å². The first kappa shape index (κ1) is 14.6. The standard InChI is InChI=1S/C15H18ClN3OS/c1-11(20)12-2-3-14(13(16)10-12)18-5-7-19(8-6-18)15-17-4-9-21-15/h2-4,9-11,20H,5-8H2,1H3. The van der Waals surface area contributed by atoms with Crippen LogP contribution < -0.4 is 9.80 Å². The molecule has 0 radical (unpaired) electrons. The van der Waals surface area contributed by atoms with Crippen LogP contribution >= 0.6 is 22.9 Å². The lowest BCUT2D eigenvalue weighted by atomic mass is 10.1. The van der Waals surface area contributed by atoms with Gasteiger partial charge in [-0.3, -0.25) is 0 Å². The van der Waals surface area contributed by atoms with E-state index in [9.17, 15) is 5.11 Å². The van der Waals surface area contributed by atoms with E-state index in [2.05, 4.69) is 14.8 Å². The fourth-order valence-corrected chi connectivity index (χ4v) is 3.56. The minimum atomic E-state index is -0.488. The summed E-state index contributed by atoms with van der Waals surface area (Å²) in [6, 6.07) is 5.80. The van der Waals surface area contributed by atoms with E-state index in [-0.39, 0.29) is 0 Å². The summed E-state index contributed by atoms with van der Waals surface area (Å²) in [5, 5.41) is 13.4. The Hall–Kier alpha value is -1.30. The van der Waals surface area contributed by atoms with Gasteiger partial charge in [0.15, 0.2) is 5.13 Å². The first-order chi connectivity index (χ1) is 10.1. The third-order valence-electron chi connectivity index (χ3n) is 3.76. The van der Waals surface area contributed by atoms with Crippen molar-refractivity contribution in [1.82, 2.24) is 4.98 Å². The fourth-order valence-electron chi connectivity index (χ4n) is 2.55. The third-order valence-corrected chi connectivity index (χ3v) is 4.90. The molecule has 1 aromatic carbocycles. The first-order valence-corrected chi connectivity index (χ1v) is 8.28. The largest absolute Gasteiger partial charge is 0.389 e. The summed E-state index contributed by atoms with van der Waals surface area (Å²) in [6.45, 7) is 5.49. The van der Waals surface area contributed by atoms with Crippen LogP contribution in [0.2, 0.25) is 5.02 Å². The van der Waals surface area contributed by atoms with Crippen molar-refractivity contribution in [3.05, 3.63) is 40.4 Å². The van der Waals surface area contributed by atoms with Gasteiger partial charge in [0.2, 0.25) is 0 Å². The highest BCUT2D eigenvalue weighted by atomic mass is 35.5. The Morgan fingerprint density at radius 1 is 1.24 bits per heavy atom. The van der Waals surface area contributed by atoms with Crippen molar-refractivity contribution in [1.29, 1.82) is 0 Å². The number of rotatable bonds is 3. The highest BCUT2D eigenvalue weighted by Crippen LogP contribution is 2.30. The zero-order valence-corrected chi connectivity index (χ0v) is 13.4. The van der Waals surface area contributed by atoms with Crippen molar-refractivity contribution in [3.63, 3.8) is 0 Å². The molecule has 1 aliphatic rings. The molecule has 0 aliphatic carbocycles. The number of halogens is 1. The predicted molar refractivity (Wildman–Crippen MR) is 88.6 cm³/mol. The summed E-state index contributed by atoms with van der Waals surface area (Å²) in [5.41, 5.74) is 1.89. The Balaban J connectivity index is 1.69. The van der Waals surface area contributed by atoms with Crippen LogP contribution in [0.1, 0.15) is 18.6 Å². The molecule has 0 amide bonds. The monoisotopic (exact) mass is 323 g/mol. The molecule has 0 spiro atoms. The smallest absolute Gasteiger partial charge is 0.185 e. The van der Waals surface area contributed by atoms with Crippen LogP contribution in [-0.4, -0.2) is 36.3 Å². The summed E-state index contributed by atoms with van der Waals surface area (Å²) in [4.78, 5) is 8.95. The number of aromatic nitrogens is 1. The third kappa shape index (κ3) is 3.15. The van der Waals surface area contributed by atoms with E-state index in [1.165, 1.54) is 0 Å². The van der Waals surface area contributed by atoms with E-state index in [4.69, 9.17) is 11.6 Å². The summed E-state index contributed by atoms with van der Waals surface area (Å²) in [7, 11) is 0. The van der Waals surface area contributed by atoms with Gasteiger partial charge in [-0.2, -0.15) is 0 Å². The van der Waals surface area contributed by atoms with E-state index in [1.807, 2.05) is 29.8 Å². The molecule has 0 bridgehead atoms. The van der Waals surface area contributed by atoms with Gasteiger partial charge in [0.1, 0.15) is 0 Å². The Morgan fingerprint density at radius 3 is 2.52 bits per heavy atom. The van der Waals surface area contributed by atoms with Gasteiger partial charge in [0.05, 0.1) is 16.8 Å². The van der Waals surface area contributed by atoms with E-state index >= 15 is 0 Å². The zero-order valence-electron chi connectivity index (χ0n) is 11.9. The molecular weight excluding hydrogens is 306 g/mol. The van der Waals surface area contributed by atoms with Crippen molar-refractivity contribution < 1.29 is 5.11 Å². The molecule has 21 heavy (non-hydrogen) atoms. The predicted octanol–water partition coefficient (Wildman–Crippen LogP) is 3.18. The molecule has 4 nitrogen and oxygen atoms in total. The molecule has 1 saturated heterocycles. The summed E-state index contributed by atoms with van der Waals surface area (Å²) in [5.74, 6) is 0. The van der Waals surface area contributed by atoms with Crippen LogP contribution in [0, 0.1) is 0 Å². The number of benzene rings is 1. The molecule has 6 heteroatoms. The lowest BCUT2D eigenvalue weighted by molar-refractivity contribution is 0.199. The lowest BCUT2D eigenvalue weighted by Gasteiger charge is -2.36. The van der Waals surface area contributed by atoms with Crippen LogP contribution in [0.15, 0.2) is 29.8 Å². The summed E-state index contributed by atoms with van der Waals surface area (Å²) in [6.07, 6.45) is 1.36. The number of aliphatic hydroxyl groups is 1. The van der Waals surface area contributed by atoms with Crippen molar-refractivity contribution in [3.8, 4) is 0 Å². The second kappa shape index (κ2) is 6.22. The van der Waals surface area contributed by atoms with Gasteiger partial charge in [-0.15, -0.1) is 11.3 Å². The SMILES string of the molecule is CC(O)c1ccc(N2CCN(c3nccs3)CC2)c(Cl)c1. The molecule has 1 aliphatic heterocycles. The van der Waals surface area contributed by atoms with Gasteiger partial charge in [0.25, 0.3) is 0 Å². The molecule has 2 aromatic rings. The second-order valence-corrected chi connectivity index (χ2v) is 6.46. The second-order valence-electron chi connectivity index (χ2n) is 5.18. The van der Waals surface area contributed by atoms with Gasteiger partial charge in [-0.1, -0.05) is 17.7 Å².